The summed E-state index contributed by atoms with van der Waals surface area (Å²) in [5.74, 6) is 1.55. The molecule has 164 valence electrons. The second kappa shape index (κ2) is 10.0. The van der Waals surface area contributed by atoms with Crippen molar-refractivity contribution in [2.24, 2.45) is 10.9 Å². The number of aliphatic imine (C=N–C) groups is 1. The second-order valence-corrected chi connectivity index (χ2v) is 8.47. The van der Waals surface area contributed by atoms with E-state index >= 15 is 0 Å². The third kappa shape index (κ3) is 5.10. The van der Waals surface area contributed by atoms with Crippen molar-refractivity contribution >= 4 is 17.6 Å². The van der Waals surface area contributed by atoms with E-state index in [4.69, 9.17) is 16.6 Å². The fraction of sp³-hybridized carbons (Fsp3) is 0.435. The molecule has 0 saturated carbocycles. The average Bonchev–Trinajstić information content (AvgIpc) is 3.49. The summed E-state index contributed by atoms with van der Waals surface area (Å²) >= 11 is 6.11. The molecule has 1 saturated heterocycles. The fourth-order valence-corrected chi connectivity index (χ4v) is 4.31. The molecule has 3 heterocycles. The van der Waals surface area contributed by atoms with Gasteiger partial charge < -0.3 is 14.8 Å². The Hall–Kier alpha value is -2.80. The Bertz CT molecular complexity index is 950. The van der Waals surface area contributed by atoms with Crippen molar-refractivity contribution in [3.63, 3.8) is 0 Å². The lowest BCUT2D eigenvalue weighted by molar-refractivity contribution is 0.189. The van der Waals surface area contributed by atoms with Crippen LogP contribution in [-0.4, -0.2) is 56.4 Å². The lowest BCUT2D eigenvalue weighted by atomic mass is 9.93. The fourth-order valence-electron chi connectivity index (χ4n) is 4.19. The van der Waals surface area contributed by atoms with Gasteiger partial charge in [-0.3, -0.25) is 9.67 Å². The van der Waals surface area contributed by atoms with Gasteiger partial charge >= 0.3 is 0 Å². The molecule has 7 nitrogen and oxygen atoms in total. The quantitative estimate of drug-likeness (QED) is 0.467. The van der Waals surface area contributed by atoms with Crippen LogP contribution in [-0.2, 0) is 0 Å². The van der Waals surface area contributed by atoms with Crippen LogP contribution in [0.1, 0.15) is 37.9 Å². The Balaban J connectivity index is 1.56. The Morgan fingerprint density at radius 1 is 1.26 bits per heavy atom. The molecule has 0 radical (unpaired) electrons. The van der Waals surface area contributed by atoms with E-state index in [0.29, 0.717) is 18.5 Å². The molecule has 0 aliphatic carbocycles. The molecule has 0 spiro atoms. The van der Waals surface area contributed by atoms with Crippen LogP contribution in [0.4, 0.5) is 0 Å². The van der Waals surface area contributed by atoms with Crippen molar-refractivity contribution in [1.82, 2.24) is 29.5 Å². The SMILES string of the molecule is CCNC(=NCC(c1ccc(Cl)cc1)n1cccn1)N1CCC(C)C(n2ccnc2)C1. The van der Waals surface area contributed by atoms with E-state index in [9.17, 15) is 0 Å². The standard InChI is InChI=1S/C23H30ClN7/c1-3-26-23(29-13-9-18(2)22(16-29)30-14-11-25-17-30)27-15-21(31-12-4-10-28-31)19-5-7-20(24)8-6-19/h4-8,10-12,14,17-18,21-22H,3,9,13,15-16H2,1-2H3,(H,26,27). The van der Waals surface area contributed by atoms with Gasteiger partial charge in [-0.2, -0.15) is 5.10 Å². The number of guanidine groups is 1. The number of nitrogens with zero attached hydrogens (tertiary/aromatic N) is 6. The van der Waals surface area contributed by atoms with Crippen LogP contribution < -0.4 is 5.32 Å². The minimum atomic E-state index is 0.00841. The Labute approximate surface area is 188 Å². The van der Waals surface area contributed by atoms with E-state index in [2.05, 4.69) is 57.0 Å². The maximum atomic E-state index is 6.11. The van der Waals surface area contributed by atoms with E-state index < -0.39 is 0 Å². The zero-order valence-electron chi connectivity index (χ0n) is 18.1. The van der Waals surface area contributed by atoms with Crippen molar-refractivity contribution in [2.75, 3.05) is 26.2 Å². The Kier molecular flexibility index (Phi) is 6.92. The number of nitrogens with one attached hydrogen (secondary N) is 1. The number of hydrogen-bond acceptors (Lipinski definition) is 3. The normalized spacial score (nSPS) is 20.6. The minimum absolute atomic E-state index is 0.00841. The highest BCUT2D eigenvalue weighted by Gasteiger charge is 2.29. The Morgan fingerprint density at radius 3 is 2.77 bits per heavy atom. The van der Waals surface area contributed by atoms with Gasteiger partial charge in [-0.15, -0.1) is 0 Å². The van der Waals surface area contributed by atoms with E-state index in [-0.39, 0.29) is 6.04 Å². The zero-order valence-corrected chi connectivity index (χ0v) is 18.9. The number of hydrogen-bond donors (Lipinski definition) is 1. The summed E-state index contributed by atoms with van der Waals surface area (Å²) in [6, 6.07) is 10.3. The molecule has 1 aliphatic heterocycles. The summed E-state index contributed by atoms with van der Waals surface area (Å²) in [6.07, 6.45) is 10.7. The van der Waals surface area contributed by atoms with Crippen molar-refractivity contribution in [1.29, 1.82) is 0 Å². The first-order chi connectivity index (χ1) is 15.2. The first-order valence-electron chi connectivity index (χ1n) is 10.9. The van der Waals surface area contributed by atoms with Gasteiger partial charge in [0.15, 0.2) is 5.96 Å². The van der Waals surface area contributed by atoms with Crippen LogP contribution in [0.3, 0.4) is 0 Å². The molecular formula is C23H30ClN7. The molecule has 8 heteroatoms. The van der Waals surface area contributed by atoms with Crippen molar-refractivity contribution in [3.8, 4) is 0 Å². The monoisotopic (exact) mass is 439 g/mol. The van der Waals surface area contributed by atoms with Gasteiger partial charge in [0.25, 0.3) is 0 Å². The summed E-state index contributed by atoms with van der Waals surface area (Å²) in [5.41, 5.74) is 1.14. The van der Waals surface area contributed by atoms with Crippen LogP contribution >= 0.6 is 11.6 Å². The number of aromatic nitrogens is 4. The highest BCUT2D eigenvalue weighted by molar-refractivity contribution is 6.30. The number of benzene rings is 1. The molecule has 0 bridgehead atoms. The summed E-state index contributed by atoms with van der Waals surface area (Å²) < 4.78 is 4.18. The lowest BCUT2D eigenvalue weighted by Gasteiger charge is -2.39. The lowest BCUT2D eigenvalue weighted by Crippen LogP contribution is -2.49. The van der Waals surface area contributed by atoms with Gasteiger partial charge in [0.05, 0.1) is 25.0 Å². The first-order valence-corrected chi connectivity index (χ1v) is 11.3. The molecular weight excluding hydrogens is 410 g/mol. The molecule has 31 heavy (non-hydrogen) atoms. The smallest absolute Gasteiger partial charge is 0.194 e. The molecule has 0 amide bonds. The Morgan fingerprint density at radius 2 is 2.10 bits per heavy atom. The van der Waals surface area contributed by atoms with Crippen molar-refractivity contribution in [2.45, 2.75) is 32.4 Å². The number of imidazole rings is 1. The molecule has 3 unspecified atom stereocenters. The van der Waals surface area contributed by atoms with Gasteiger partial charge in [-0.1, -0.05) is 30.7 Å². The van der Waals surface area contributed by atoms with Gasteiger partial charge in [0.2, 0.25) is 0 Å². The van der Waals surface area contributed by atoms with E-state index in [1.807, 2.05) is 41.6 Å². The predicted molar refractivity (Wildman–Crippen MR) is 124 cm³/mol. The molecule has 3 atom stereocenters. The average molecular weight is 440 g/mol. The zero-order chi connectivity index (χ0) is 21.6. The highest BCUT2D eigenvalue weighted by atomic mass is 35.5. The maximum absolute atomic E-state index is 6.11. The third-order valence-corrected chi connectivity index (χ3v) is 6.23. The molecule has 1 fully saturated rings. The molecule has 1 N–H and O–H groups in total. The van der Waals surface area contributed by atoms with E-state index in [0.717, 1.165) is 42.6 Å². The van der Waals surface area contributed by atoms with Crippen LogP contribution in [0.5, 0.6) is 0 Å². The number of likely N-dealkylation sites (tertiary alicyclic amines) is 1. The number of piperidine rings is 1. The second-order valence-electron chi connectivity index (χ2n) is 8.04. The number of rotatable bonds is 6. The van der Waals surface area contributed by atoms with Gasteiger partial charge in [0, 0.05) is 49.4 Å². The van der Waals surface area contributed by atoms with E-state index in [1.165, 1.54) is 0 Å². The van der Waals surface area contributed by atoms with Crippen LogP contribution in [0.25, 0.3) is 0 Å². The molecule has 2 aromatic heterocycles. The third-order valence-electron chi connectivity index (χ3n) is 5.97. The number of halogens is 1. The van der Waals surface area contributed by atoms with Crippen LogP contribution in [0.2, 0.25) is 5.02 Å². The summed E-state index contributed by atoms with van der Waals surface area (Å²) in [7, 11) is 0. The van der Waals surface area contributed by atoms with Gasteiger partial charge in [0.1, 0.15) is 0 Å². The van der Waals surface area contributed by atoms with Gasteiger partial charge in [-0.25, -0.2) is 4.98 Å². The first kappa shape index (κ1) is 21.4. The van der Waals surface area contributed by atoms with Crippen molar-refractivity contribution in [3.05, 3.63) is 72.0 Å². The molecule has 1 aliphatic rings. The molecule has 4 rings (SSSR count). The van der Waals surface area contributed by atoms with Crippen LogP contribution in [0, 0.1) is 5.92 Å². The molecule has 3 aromatic rings. The molecule has 1 aromatic carbocycles. The van der Waals surface area contributed by atoms with Gasteiger partial charge in [-0.05, 0) is 43.0 Å². The minimum Gasteiger partial charge on any atom is -0.357 e. The predicted octanol–water partition coefficient (Wildman–Crippen LogP) is 3.87. The summed E-state index contributed by atoms with van der Waals surface area (Å²) in [6.45, 7) is 7.75. The highest BCUT2D eigenvalue weighted by Crippen LogP contribution is 2.27. The van der Waals surface area contributed by atoms with Crippen molar-refractivity contribution < 1.29 is 0 Å². The maximum Gasteiger partial charge on any atom is 0.194 e. The van der Waals surface area contributed by atoms with Crippen LogP contribution in [0.15, 0.2) is 66.4 Å². The van der Waals surface area contributed by atoms with E-state index in [1.54, 1.807) is 6.20 Å². The summed E-state index contributed by atoms with van der Waals surface area (Å²) in [4.78, 5) is 11.7. The topological polar surface area (TPSA) is 63.3 Å². The summed E-state index contributed by atoms with van der Waals surface area (Å²) in [5, 5.41) is 8.70. The largest absolute Gasteiger partial charge is 0.357 e.